The third-order valence-electron chi connectivity index (χ3n) is 5.69. The number of pyridine rings is 1. The fourth-order valence-electron chi connectivity index (χ4n) is 4.11. The van der Waals surface area contributed by atoms with Crippen LogP contribution in [0.4, 0.5) is 10.6 Å². The normalized spacial score (nSPS) is 18.2. The fraction of sp³-hybridized carbons (Fsp3) is 0.480. The third kappa shape index (κ3) is 6.26. The Hall–Kier alpha value is -3.69. The van der Waals surface area contributed by atoms with Crippen LogP contribution in [0.15, 0.2) is 36.9 Å². The van der Waals surface area contributed by atoms with Crippen LogP contribution in [0, 0.1) is 0 Å². The highest BCUT2D eigenvalue weighted by Gasteiger charge is 2.26. The minimum absolute atomic E-state index is 0.0703. The summed E-state index contributed by atoms with van der Waals surface area (Å²) in [7, 11) is 0. The molecule has 1 aliphatic rings. The van der Waals surface area contributed by atoms with Crippen molar-refractivity contribution in [2.75, 3.05) is 11.9 Å². The van der Waals surface area contributed by atoms with Crippen LogP contribution in [0.5, 0.6) is 0 Å². The molecule has 10 heteroatoms. The van der Waals surface area contributed by atoms with Crippen molar-refractivity contribution in [3.63, 3.8) is 0 Å². The molecule has 0 bridgehead atoms. The predicted octanol–water partition coefficient (Wildman–Crippen LogP) is 4.22. The molecule has 0 spiro atoms. The van der Waals surface area contributed by atoms with Gasteiger partial charge in [-0.1, -0.05) is 0 Å². The summed E-state index contributed by atoms with van der Waals surface area (Å²) in [5.41, 5.74) is 1.90. The summed E-state index contributed by atoms with van der Waals surface area (Å²) in [5, 5.41) is 6.49. The number of imidazole rings is 1. The number of nitrogens with one attached hydrogen (secondary N) is 2. The topological polar surface area (TPSA) is 120 Å². The number of rotatable bonds is 6. The minimum Gasteiger partial charge on any atom is -0.461 e. The van der Waals surface area contributed by atoms with Gasteiger partial charge in [0.05, 0.1) is 12.3 Å². The first-order valence-electron chi connectivity index (χ1n) is 11.9. The molecule has 0 saturated heterocycles. The second kappa shape index (κ2) is 10.3. The van der Waals surface area contributed by atoms with Crippen LogP contribution in [0.2, 0.25) is 0 Å². The number of esters is 1. The van der Waals surface area contributed by atoms with Crippen molar-refractivity contribution in [3.05, 3.63) is 42.6 Å². The summed E-state index contributed by atoms with van der Waals surface area (Å²) in [4.78, 5) is 37.8. The van der Waals surface area contributed by atoms with E-state index < -0.39 is 11.6 Å². The van der Waals surface area contributed by atoms with E-state index in [4.69, 9.17) is 14.5 Å². The Kier molecular flexibility index (Phi) is 7.18. The molecule has 3 heterocycles. The Balaban J connectivity index is 1.52. The number of hydrogen-bond acceptors (Lipinski definition) is 8. The van der Waals surface area contributed by atoms with Gasteiger partial charge < -0.3 is 24.5 Å². The summed E-state index contributed by atoms with van der Waals surface area (Å²) in [6.07, 6.45) is 9.87. The van der Waals surface area contributed by atoms with E-state index in [-0.39, 0.29) is 30.5 Å². The largest absolute Gasteiger partial charge is 0.461 e. The monoisotopic (exact) mass is 480 g/mol. The number of carbonyl (C=O) groups is 2. The number of fused-ring (bicyclic) bond motifs is 1. The number of hydrogen-bond donors (Lipinski definition) is 2. The molecule has 0 radical (unpaired) electrons. The fourth-order valence-corrected chi connectivity index (χ4v) is 4.11. The molecule has 0 atom stereocenters. The van der Waals surface area contributed by atoms with E-state index in [0.717, 1.165) is 36.9 Å². The van der Waals surface area contributed by atoms with Gasteiger partial charge in [-0.05, 0) is 65.5 Å². The summed E-state index contributed by atoms with van der Waals surface area (Å²) in [5.74, 6) is 0.125. The molecule has 1 aliphatic carbocycles. The van der Waals surface area contributed by atoms with Crippen LogP contribution < -0.4 is 10.6 Å². The lowest BCUT2D eigenvalue weighted by atomic mass is 9.91. The zero-order chi connectivity index (χ0) is 25.0. The van der Waals surface area contributed by atoms with E-state index in [0.29, 0.717) is 11.5 Å². The lowest BCUT2D eigenvalue weighted by Gasteiger charge is -2.30. The van der Waals surface area contributed by atoms with Crippen molar-refractivity contribution in [1.29, 1.82) is 0 Å². The van der Waals surface area contributed by atoms with Gasteiger partial charge in [-0.15, -0.1) is 0 Å². The quantitative estimate of drug-likeness (QED) is 0.504. The van der Waals surface area contributed by atoms with Crippen LogP contribution in [0.25, 0.3) is 16.9 Å². The summed E-state index contributed by atoms with van der Waals surface area (Å²) in [6.45, 7) is 7.59. The van der Waals surface area contributed by atoms with E-state index in [2.05, 4.69) is 20.6 Å². The molecular formula is C25H32N6O4. The van der Waals surface area contributed by atoms with E-state index in [1.165, 1.54) is 0 Å². The first-order valence-corrected chi connectivity index (χ1v) is 11.9. The number of alkyl carbamates (subject to hydrolysis) is 1. The van der Waals surface area contributed by atoms with Crippen LogP contribution in [-0.4, -0.2) is 55.7 Å². The van der Waals surface area contributed by atoms with E-state index in [1.807, 2.05) is 39.1 Å². The Bertz CT molecular complexity index is 1180. The van der Waals surface area contributed by atoms with Crippen molar-refractivity contribution < 1.29 is 19.1 Å². The van der Waals surface area contributed by atoms with Gasteiger partial charge in [0.15, 0.2) is 17.2 Å². The molecule has 35 heavy (non-hydrogen) atoms. The molecule has 10 nitrogen and oxygen atoms in total. The van der Waals surface area contributed by atoms with Gasteiger partial charge in [0.25, 0.3) is 0 Å². The Morgan fingerprint density at radius 1 is 1.06 bits per heavy atom. The molecule has 0 aromatic carbocycles. The highest BCUT2D eigenvalue weighted by molar-refractivity contribution is 5.89. The van der Waals surface area contributed by atoms with Crippen molar-refractivity contribution in [2.45, 2.75) is 71.1 Å². The summed E-state index contributed by atoms with van der Waals surface area (Å²) in [6, 6.07) is 3.99. The molecule has 0 aliphatic heterocycles. The van der Waals surface area contributed by atoms with Crippen molar-refractivity contribution >= 4 is 23.5 Å². The lowest BCUT2D eigenvalue weighted by Crippen LogP contribution is -2.42. The standard InChI is InChI=1S/C25H32N6O4/c1-5-34-23(32)20-15-31-14-19(16-10-12-26-13-11-16)29-21(22(31)30-20)27-17-6-8-18(9-7-17)28-24(33)35-25(2,3)4/h10-15,17-18H,5-9H2,1-4H3,(H,27,29)(H,28,33)/t17-,18+. The zero-order valence-corrected chi connectivity index (χ0v) is 20.6. The highest BCUT2D eigenvalue weighted by atomic mass is 16.6. The number of nitrogens with zero attached hydrogens (tertiary/aromatic N) is 4. The molecule has 1 amide bonds. The second-order valence-electron chi connectivity index (χ2n) is 9.63. The van der Waals surface area contributed by atoms with Gasteiger partial charge >= 0.3 is 12.1 Å². The van der Waals surface area contributed by atoms with Crippen molar-refractivity contribution in [2.24, 2.45) is 0 Å². The smallest absolute Gasteiger partial charge is 0.407 e. The van der Waals surface area contributed by atoms with E-state index >= 15 is 0 Å². The molecule has 186 valence electrons. The molecule has 2 N–H and O–H groups in total. The molecule has 4 rings (SSSR count). The Morgan fingerprint density at radius 3 is 2.40 bits per heavy atom. The predicted molar refractivity (Wildman–Crippen MR) is 131 cm³/mol. The number of carbonyl (C=O) groups excluding carboxylic acids is 2. The molecule has 0 unspecified atom stereocenters. The molecule has 1 saturated carbocycles. The number of anilines is 1. The van der Waals surface area contributed by atoms with Gasteiger partial charge in [-0.2, -0.15) is 0 Å². The number of aromatic nitrogens is 4. The minimum atomic E-state index is -0.521. The molecular weight excluding hydrogens is 448 g/mol. The van der Waals surface area contributed by atoms with Crippen molar-refractivity contribution in [3.8, 4) is 11.3 Å². The summed E-state index contributed by atoms with van der Waals surface area (Å²) < 4.78 is 12.3. The highest BCUT2D eigenvalue weighted by Crippen LogP contribution is 2.27. The lowest BCUT2D eigenvalue weighted by molar-refractivity contribution is 0.0488. The number of amides is 1. The number of ether oxygens (including phenoxy) is 2. The van der Waals surface area contributed by atoms with E-state index in [1.54, 1.807) is 29.9 Å². The zero-order valence-electron chi connectivity index (χ0n) is 20.6. The summed E-state index contributed by atoms with van der Waals surface area (Å²) >= 11 is 0. The van der Waals surface area contributed by atoms with Crippen molar-refractivity contribution in [1.82, 2.24) is 24.7 Å². The first-order chi connectivity index (χ1) is 16.7. The van der Waals surface area contributed by atoms with E-state index in [9.17, 15) is 9.59 Å². The SMILES string of the molecule is CCOC(=O)c1cn2cc(-c3ccncc3)nc(N[C@H]3CC[C@@H](NC(=O)OC(C)(C)C)CC3)c2n1. The van der Waals surface area contributed by atoms with Gasteiger partial charge in [-0.3, -0.25) is 4.98 Å². The maximum absolute atomic E-state index is 12.3. The second-order valence-corrected chi connectivity index (χ2v) is 9.63. The first kappa shape index (κ1) is 24.4. The van der Waals surface area contributed by atoms with Crippen LogP contribution in [0.1, 0.15) is 63.9 Å². The van der Waals surface area contributed by atoms with Gasteiger partial charge in [0, 0.05) is 42.4 Å². The third-order valence-corrected chi connectivity index (χ3v) is 5.69. The Labute approximate surface area is 204 Å². The van der Waals surface area contributed by atoms with Crippen LogP contribution in [-0.2, 0) is 9.47 Å². The average Bonchev–Trinajstić information content (AvgIpc) is 3.25. The average molecular weight is 481 g/mol. The Morgan fingerprint density at radius 2 is 1.74 bits per heavy atom. The molecule has 3 aromatic rings. The van der Waals surface area contributed by atoms with Gasteiger partial charge in [0.1, 0.15) is 5.60 Å². The van der Waals surface area contributed by atoms with Gasteiger partial charge in [0.2, 0.25) is 0 Å². The maximum Gasteiger partial charge on any atom is 0.407 e. The maximum atomic E-state index is 12.3. The van der Waals surface area contributed by atoms with Crippen LogP contribution in [0.3, 0.4) is 0 Å². The molecule has 3 aromatic heterocycles. The van der Waals surface area contributed by atoms with Crippen LogP contribution >= 0.6 is 0 Å². The molecule has 1 fully saturated rings. The van der Waals surface area contributed by atoms with Gasteiger partial charge in [-0.25, -0.2) is 19.6 Å².